The SMILES string of the molecule is CCc1ncc(S(=O)(=O)N(CCC#N)CC(C)C)[nH]1. The van der Waals surface area contributed by atoms with Crippen molar-refractivity contribution in [2.24, 2.45) is 5.92 Å². The van der Waals surface area contributed by atoms with Gasteiger partial charge in [-0.15, -0.1) is 0 Å². The van der Waals surface area contributed by atoms with Crippen LogP contribution < -0.4 is 0 Å². The van der Waals surface area contributed by atoms with Crippen LogP contribution in [0.1, 0.15) is 33.0 Å². The molecule has 1 aromatic rings. The van der Waals surface area contributed by atoms with E-state index in [1.165, 1.54) is 10.5 Å². The summed E-state index contributed by atoms with van der Waals surface area (Å²) in [5.74, 6) is 0.838. The summed E-state index contributed by atoms with van der Waals surface area (Å²) in [6, 6.07) is 1.98. The minimum Gasteiger partial charge on any atom is -0.332 e. The molecule has 1 heterocycles. The molecule has 19 heavy (non-hydrogen) atoms. The van der Waals surface area contributed by atoms with Gasteiger partial charge < -0.3 is 4.98 Å². The van der Waals surface area contributed by atoms with Crippen molar-refractivity contribution in [2.45, 2.75) is 38.6 Å². The van der Waals surface area contributed by atoms with Gasteiger partial charge in [0.1, 0.15) is 5.82 Å². The van der Waals surface area contributed by atoms with E-state index in [1.807, 2.05) is 26.8 Å². The number of nitriles is 1. The normalized spacial score (nSPS) is 12.0. The van der Waals surface area contributed by atoms with Gasteiger partial charge in [-0.3, -0.25) is 0 Å². The average Bonchev–Trinajstić information content (AvgIpc) is 2.83. The Hall–Kier alpha value is -1.39. The van der Waals surface area contributed by atoms with Crippen LogP contribution in [0.15, 0.2) is 11.2 Å². The Balaban J connectivity index is 3.00. The van der Waals surface area contributed by atoms with Crippen LogP contribution in [-0.4, -0.2) is 35.8 Å². The van der Waals surface area contributed by atoms with Crippen LogP contribution in [0.4, 0.5) is 0 Å². The van der Waals surface area contributed by atoms with Crippen molar-refractivity contribution in [3.05, 3.63) is 12.0 Å². The molecule has 0 aliphatic heterocycles. The summed E-state index contributed by atoms with van der Waals surface area (Å²) < 4.78 is 26.2. The highest BCUT2D eigenvalue weighted by Crippen LogP contribution is 2.16. The molecule has 0 aliphatic rings. The quantitative estimate of drug-likeness (QED) is 0.822. The first kappa shape index (κ1) is 15.7. The zero-order valence-corrected chi connectivity index (χ0v) is 12.4. The Kier molecular flexibility index (Phi) is 5.51. The number of aryl methyl sites for hydroxylation is 1. The van der Waals surface area contributed by atoms with Crippen LogP contribution in [0.3, 0.4) is 0 Å². The predicted molar refractivity (Wildman–Crippen MR) is 71.8 cm³/mol. The second-order valence-corrected chi connectivity index (χ2v) is 6.62. The van der Waals surface area contributed by atoms with E-state index < -0.39 is 10.0 Å². The molecule has 0 atom stereocenters. The van der Waals surface area contributed by atoms with Crippen LogP contribution in [0.2, 0.25) is 0 Å². The highest BCUT2D eigenvalue weighted by atomic mass is 32.2. The Morgan fingerprint density at radius 2 is 2.21 bits per heavy atom. The number of H-pyrrole nitrogens is 1. The van der Waals surface area contributed by atoms with Gasteiger partial charge >= 0.3 is 0 Å². The molecule has 1 aromatic heterocycles. The van der Waals surface area contributed by atoms with Crippen LogP contribution in [0.25, 0.3) is 0 Å². The molecule has 7 heteroatoms. The van der Waals surface area contributed by atoms with Crippen LogP contribution in [-0.2, 0) is 16.4 Å². The molecule has 0 radical (unpaired) electrons. The lowest BCUT2D eigenvalue weighted by Gasteiger charge is -2.21. The zero-order chi connectivity index (χ0) is 14.5. The van der Waals surface area contributed by atoms with Crippen LogP contribution in [0, 0.1) is 17.2 Å². The molecular weight excluding hydrogens is 264 g/mol. The molecule has 0 amide bonds. The fourth-order valence-corrected chi connectivity index (χ4v) is 3.22. The summed E-state index contributed by atoms with van der Waals surface area (Å²) >= 11 is 0. The summed E-state index contributed by atoms with van der Waals surface area (Å²) in [5, 5.41) is 8.74. The van der Waals surface area contributed by atoms with E-state index in [2.05, 4.69) is 9.97 Å². The van der Waals surface area contributed by atoms with Crippen LogP contribution in [0.5, 0.6) is 0 Å². The number of nitrogens with zero attached hydrogens (tertiary/aromatic N) is 3. The summed E-state index contributed by atoms with van der Waals surface area (Å²) in [4.78, 5) is 6.83. The van der Waals surface area contributed by atoms with Gasteiger partial charge in [0.15, 0.2) is 5.03 Å². The molecular formula is C12H20N4O2S. The molecule has 0 spiro atoms. The third kappa shape index (κ3) is 4.04. The van der Waals surface area contributed by atoms with E-state index in [-0.39, 0.29) is 23.9 Å². The van der Waals surface area contributed by atoms with Gasteiger partial charge in [0.2, 0.25) is 0 Å². The maximum atomic E-state index is 12.4. The maximum absolute atomic E-state index is 12.4. The van der Waals surface area contributed by atoms with Crippen molar-refractivity contribution in [3.63, 3.8) is 0 Å². The molecule has 106 valence electrons. The maximum Gasteiger partial charge on any atom is 0.260 e. The minimum atomic E-state index is -3.59. The first-order chi connectivity index (χ1) is 8.91. The lowest BCUT2D eigenvalue weighted by Crippen LogP contribution is -2.35. The Labute approximate surface area is 114 Å². The number of rotatable bonds is 7. The monoisotopic (exact) mass is 284 g/mol. The Morgan fingerprint density at radius 1 is 1.53 bits per heavy atom. The number of imidazole rings is 1. The van der Waals surface area contributed by atoms with E-state index >= 15 is 0 Å². The average molecular weight is 284 g/mol. The highest BCUT2D eigenvalue weighted by Gasteiger charge is 2.26. The van der Waals surface area contributed by atoms with Crippen molar-refractivity contribution in [2.75, 3.05) is 13.1 Å². The predicted octanol–water partition coefficient (Wildman–Crippen LogP) is 1.53. The van der Waals surface area contributed by atoms with E-state index in [4.69, 9.17) is 5.26 Å². The van der Waals surface area contributed by atoms with Crippen molar-refractivity contribution in [1.82, 2.24) is 14.3 Å². The number of sulfonamides is 1. The van der Waals surface area contributed by atoms with Crippen molar-refractivity contribution >= 4 is 10.0 Å². The molecule has 6 nitrogen and oxygen atoms in total. The van der Waals surface area contributed by atoms with E-state index in [0.717, 1.165) is 0 Å². The number of nitrogens with one attached hydrogen (secondary N) is 1. The number of hydrogen-bond acceptors (Lipinski definition) is 4. The van der Waals surface area contributed by atoms with Crippen molar-refractivity contribution in [1.29, 1.82) is 5.26 Å². The first-order valence-electron chi connectivity index (χ1n) is 6.32. The molecule has 0 aromatic carbocycles. The van der Waals surface area contributed by atoms with Gasteiger partial charge in [0.25, 0.3) is 10.0 Å². The highest BCUT2D eigenvalue weighted by molar-refractivity contribution is 7.89. The fourth-order valence-electron chi connectivity index (χ4n) is 1.68. The van der Waals surface area contributed by atoms with Gasteiger partial charge in [0, 0.05) is 25.9 Å². The standard InChI is InChI=1S/C12H20N4O2S/c1-4-11-14-8-12(15-11)19(17,18)16(7-5-6-13)9-10(2)3/h8,10H,4-5,7,9H2,1-3H3,(H,14,15). The topological polar surface area (TPSA) is 89.8 Å². The molecule has 1 N–H and O–H groups in total. The number of aromatic amines is 1. The lowest BCUT2D eigenvalue weighted by atomic mass is 10.2. The summed E-state index contributed by atoms with van der Waals surface area (Å²) in [6.45, 7) is 6.39. The van der Waals surface area contributed by atoms with Gasteiger partial charge in [-0.2, -0.15) is 9.57 Å². The fraction of sp³-hybridized carbons (Fsp3) is 0.667. The van der Waals surface area contributed by atoms with Gasteiger partial charge in [-0.25, -0.2) is 13.4 Å². The van der Waals surface area contributed by atoms with Crippen molar-refractivity contribution in [3.8, 4) is 6.07 Å². The molecule has 0 bridgehead atoms. The summed E-state index contributed by atoms with van der Waals surface area (Å²) in [6.07, 6.45) is 2.17. The zero-order valence-electron chi connectivity index (χ0n) is 11.5. The number of aromatic nitrogens is 2. The smallest absolute Gasteiger partial charge is 0.260 e. The molecule has 0 fully saturated rings. The molecule has 0 aliphatic carbocycles. The largest absolute Gasteiger partial charge is 0.332 e. The minimum absolute atomic E-state index is 0.0999. The van der Waals surface area contributed by atoms with Crippen molar-refractivity contribution < 1.29 is 8.42 Å². The molecule has 0 unspecified atom stereocenters. The summed E-state index contributed by atoms with van der Waals surface area (Å²) in [7, 11) is -3.59. The third-order valence-electron chi connectivity index (χ3n) is 2.60. The van der Waals surface area contributed by atoms with Gasteiger partial charge in [-0.1, -0.05) is 20.8 Å². The van der Waals surface area contributed by atoms with E-state index in [0.29, 0.717) is 18.8 Å². The third-order valence-corrected chi connectivity index (χ3v) is 4.37. The first-order valence-corrected chi connectivity index (χ1v) is 7.76. The lowest BCUT2D eigenvalue weighted by molar-refractivity contribution is 0.371. The Morgan fingerprint density at radius 3 is 2.68 bits per heavy atom. The molecule has 0 saturated heterocycles. The second kappa shape index (κ2) is 6.68. The van der Waals surface area contributed by atoms with Gasteiger partial charge in [0.05, 0.1) is 12.3 Å². The van der Waals surface area contributed by atoms with E-state index in [9.17, 15) is 8.42 Å². The van der Waals surface area contributed by atoms with E-state index in [1.54, 1.807) is 0 Å². The molecule has 1 rings (SSSR count). The van der Waals surface area contributed by atoms with Crippen LogP contribution >= 0.6 is 0 Å². The van der Waals surface area contributed by atoms with Gasteiger partial charge in [-0.05, 0) is 5.92 Å². The second-order valence-electron chi connectivity index (χ2n) is 4.71. The Bertz CT molecular complexity index is 542. The molecule has 0 saturated carbocycles. The summed E-state index contributed by atoms with van der Waals surface area (Å²) in [5.41, 5.74) is 0. The number of hydrogen-bond donors (Lipinski definition) is 1.